The Bertz CT molecular complexity index is 344. The smallest absolute Gasteiger partial charge is 0.211 e. The molecular weight excluding hydrogens is 268 g/mol. The van der Waals surface area contributed by atoms with Crippen LogP contribution >= 0.6 is 0 Å². The summed E-state index contributed by atoms with van der Waals surface area (Å²) >= 11 is 0. The number of hydrogen-bond acceptors (Lipinski definition) is 4. The van der Waals surface area contributed by atoms with E-state index in [2.05, 4.69) is 20.3 Å². The molecule has 0 radical (unpaired) electrons. The summed E-state index contributed by atoms with van der Waals surface area (Å²) < 4.78 is 30.1. The molecule has 0 heterocycles. The Morgan fingerprint density at radius 2 is 1.89 bits per heavy atom. The van der Waals surface area contributed by atoms with Gasteiger partial charge in [0.2, 0.25) is 10.0 Å². The lowest BCUT2D eigenvalue weighted by Crippen LogP contribution is -2.39. The van der Waals surface area contributed by atoms with E-state index in [0.29, 0.717) is 38.8 Å². The lowest BCUT2D eigenvalue weighted by Gasteiger charge is -2.11. The van der Waals surface area contributed by atoms with E-state index >= 15 is 0 Å². The normalized spacial score (nSPS) is 12.5. The predicted molar refractivity (Wildman–Crippen MR) is 77.9 cm³/mol. The molecule has 0 saturated carbocycles. The molecule has 0 aromatic heterocycles. The number of guanidine groups is 1. The quantitative estimate of drug-likeness (QED) is 0.287. The van der Waals surface area contributed by atoms with Crippen molar-refractivity contribution in [2.24, 2.45) is 4.99 Å². The predicted octanol–water partition coefficient (Wildman–Crippen LogP) is -0.483. The van der Waals surface area contributed by atoms with Gasteiger partial charge in [0.15, 0.2) is 5.96 Å². The standard InChI is InChI=1S/C11H26N4O3S/c1-4-12-11(14-9-10-18-5-2)13-7-8-15-19(16,17)6-3/h15H,4-10H2,1-3H3,(H2,12,13,14). The minimum absolute atomic E-state index is 0.0867. The van der Waals surface area contributed by atoms with Gasteiger partial charge in [-0.25, -0.2) is 13.1 Å². The van der Waals surface area contributed by atoms with Crippen molar-refractivity contribution in [1.29, 1.82) is 0 Å². The Hall–Kier alpha value is -0.860. The average molecular weight is 294 g/mol. The van der Waals surface area contributed by atoms with Crippen LogP contribution in [0.4, 0.5) is 0 Å². The van der Waals surface area contributed by atoms with Gasteiger partial charge in [-0.05, 0) is 20.8 Å². The zero-order chi connectivity index (χ0) is 14.6. The number of sulfonamides is 1. The fourth-order valence-electron chi connectivity index (χ4n) is 1.20. The summed E-state index contributed by atoms with van der Waals surface area (Å²) in [5, 5.41) is 6.18. The second-order valence-corrected chi connectivity index (χ2v) is 5.78. The van der Waals surface area contributed by atoms with E-state index in [4.69, 9.17) is 4.74 Å². The van der Waals surface area contributed by atoms with Crippen molar-refractivity contribution < 1.29 is 13.2 Å². The Balaban J connectivity index is 3.98. The van der Waals surface area contributed by atoms with E-state index < -0.39 is 10.0 Å². The maximum absolute atomic E-state index is 11.2. The van der Waals surface area contributed by atoms with Crippen molar-refractivity contribution in [2.75, 3.05) is 45.1 Å². The molecule has 0 aromatic carbocycles. The summed E-state index contributed by atoms with van der Waals surface area (Å²) in [6.45, 7) is 8.93. The third kappa shape index (κ3) is 10.7. The van der Waals surface area contributed by atoms with Crippen molar-refractivity contribution in [3.05, 3.63) is 0 Å². The fourth-order valence-corrected chi connectivity index (χ4v) is 1.81. The Morgan fingerprint density at radius 3 is 2.47 bits per heavy atom. The summed E-state index contributed by atoms with van der Waals surface area (Å²) in [5.74, 6) is 0.751. The van der Waals surface area contributed by atoms with E-state index in [0.717, 1.165) is 6.54 Å². The van der Waals surface area contributed by atoms with E-state index in [1.807, 2.05) is 13.8 Å². The van der Waals surface area contributed by atoms with Gasteiger partial charge in [0.25, 0.3) is 0 Å². The lowest BCUT2D eigenvalue weighted by molar-refractivity contribution is 0.152. The third-order valence-electron chi connectivity index (χ3n) is 2.17. The molecule has 114 valence electrons. The third-order valence-corrected chi connectivity index (χ3v) is 3.57. The van der Waals surface area contributed by atoms with Gasteiger partial charge < -0.3 is 15.4 Å². The molecule has 19 heavy (non-hydrogen) atoms. The van der Waals surface area contributed by atoms with E-state index in [9.17, 15) is 8.42 Å². The average Bonchev–Trinajstić information content (AvgIpc) is 2.39. The first-order valence-electron chi connectivity index (χ1n) is 6.63. The maximum atomic E-state index is 11.2. The molecular formula is C11H26N4O3S. The monoisotopic (exact) mass is 294 g/mol. The van der Waals surface area contributed by atoms with Crippen LogP contribution in [0.5, 0.6) is 0 Å². The first-order valence-corrected chi connectivity index (χ1v) is 8.28. The Labute approximate surface area is 116 Å². The molecule has 0 saturated heterocycles. The van der Waals surface area contributed by atoms with E-state index in [-0.39, 0.29) is 5.75 Å². The van der Waals surface area contributed by atoms with Gasteiger partial charge in [0.05, 0.1) is 18.9 Å². The second kappa shape index (κ2) is 11.0. The molecule has 0 aromatic rings. The summed E-state index contributed by atoms with van der Waals surface area (Å²) in [4.78, 5) is 4.26. The van der Waals surface area contributed by atoms with Crippen LogP contribution in [-0.2, 0) is 14.8 Å². The highest BCUT2D eigenvalue weighted by atomic mass is 32.2. The molecule has 0 fully saturated rings. The highest BCUT2D eigenvalue weighted by Gasteiger charge is 2.04. The molecule has 8 heteroatoms. The molecule has 0 aliphatic heterocycles. The largest absolute Gasteiger partial charge is 0.380 e. The van der Waals surface area contributed by atoms with Crippen LogP contribution in [0.25, 0.3) is 0 Å². The number of nitrogens with zero attached hydrogens (tertiary/aromatic N) is 1. The topological polar surface area (TPSA) is 91.8 Å². The van der Waals surface area contributed by atoms with Gasteiger partial charge in [0, 0.05) is 26.2 Å². The van der Waals surface area contributed by atoms with Crippen LogP contribution in [0.3, 0.4) is 0 Å². The number of nitrogens with one attached hydrogen (secondary N) is 3. The molecule has 7 nitrogen and oxygen atoms in total. The summed E-state index contributed by atoms with van der Waals surface area (Å²) in [5.41, 5.74) is 0. The molecule has 0 rings (SSSR count). The SMILES string of the molecule is CCNC(=NCCNS(=O)(=O)CC)NCCOCC. The van der Waals surface area contributed by atoms with Crippen molar-refractivity contribution >= 4 is 16.0 Å². The molecule has 0 spiro atoms. The second-order valence-electron chi connectivity index (χ2n) is 3.68. The molecule has 0 aliphatic carbocycles. The van der Waals surface area contributed by atoms with Gasteiger partial charge in [-0.3, -0.25) is 4.99 Å². The van der Waals surface area contributed by atoms with Crippen LogP contribution in [-0.4, -0.2) is 59.5 Å². The Morgan fingerprint density at radius 1 is 1.16 bits per heavy atom. The van der Waals surface area contributed by atoms with Crippen molar-refractivity contribution in [1.82, 2.24) is 15.4 Å². The number of rotatable bonds is 10. The van der Waals surface area contributed by atoms with Gasteiger partial charge >= 0.3 is 0 Å². The van der Waals surface area contributed by atoms with Gasteiger partial charge in [-0.1, -0.05) is 0 Å². The first kappa shape index (κ1) is 18.1. The minimum atomic E-state index is -3.13. The van der Waals surface area contributed by atoms with Crippen molar-refractivity contribution in [3.63, 3.8) is 0 Å². The number of aliphatic imine (C=N–C) groups is 1. The Kier molecular flexibility index (Phi) is 10.5. The first-order chi connectivity index (χ1) is 9.05. The zero-order valence-electron chi connectivity index (χ0n) is 12.0. The van der Waals surface area contributed by atoms with E-state index in [1.165, 1.54) is 0 Å². The molecule has 0 bridgehead atoms. The highest BCUT2D eigenvalue weighted by molar-refractivity contribution is 7.89. The maximum Gasteiger partial charge on any atom is 0.211 e. The lowest BCUT2D eigenvalue weighted by atomic mass is 10.6. The van der Waals surface area contributed by atoms with Crippen LogP contribution in [0, 0.1) is 0 Å². The van der Waals surface area contributed by atoms with Crippen LogP contribution < -0.4 is 15.4 Å². The fraction of sp³-hybridized carbons (Fsp3) is 0.909. The number of hydrogen-bond donors (Lipinski definition) is 3. The minimum Gasteiger partial charge on any atom is -0.380 e. The van der Waals surface area contributed by atoms with Crippen LogP contribution in [0.2, 0.25) is 0 Å². The van der Waals surface area contributed by atoms with Crippen LogP contribution in [0.15, 0.2) is 4.99 Å². The molecule has 3 N–H and O–H groups in total. The van der Waals surface area contributed by atoms with E-state index in [1.54, 1.807) is 6.92 Å². The summed E-state index contributed by atoms with van der Waals surface area (Å²) in [7, 11) is -3.13. The van der Waals surface area contributed by atoms with Crippen LogP contribution in [0.1, 0.15) is 20.8 Å². The van der Waals surface area contributed by atoms with Crippen molar-refractivity contribution in [3.8, 4) is 0 Å². The summed E-state index contributed by atoms with van der Waals surface area (Å²) in [6.07, 6.45) is 0. The highest BCUT2D eigenvalue weighted by Crippen LogP contribution is 1.82. The molecule has 0 aliphatic rings. The van der Waals surface area contributed by atoms with Crippen molar-refractivity contribution in [2.45, 2.75) is 20.8 Å². The summed E-state index contributed by atoms with van der Waals surface area (Å²) in [6, 6.07) is 0. The van der Waals surface area contributed by atoms with Gasteiger partial charge in [-0.15, -0.1) is 0 Å². The number of ether oxygens (including phenoxy) is 1. The van der Waals surface area contributed by atoms with Gasteiger partial charge in [-0.2, -0.15) is 0 Å². The zero-order valence-corrected chi connectivity index (χ0v) is 12.8. The van der Waals surface area contributed by atoms with Gasteiger partial charge in [0.1, 0.15) is 0 Å². The molecule has 0 atom stereocenters. The molecule has 0 unspecified atom stereocenters. The molecule has 0 amide bonds.